The van der Waals surface area contributed by atoms with Gasteiger partial charge in [0.05, 0.1) is 11.9 Å². The summed E-state index contributed by atoms with van der Waals surface area (Å²) in [7, 11) is -3.22. The average Bonchev–Trinajstić information content (AvgIpc) is 2.78. The maximum Gasteiger partial charge on any atom is 0.178 e. The van der Waals surface area contributed by atoms with Crippen LogP contribution in [-0.2, 0) is 15.7 Å². The summed E-state index contributed by atoms with van der Waals surface area (Å²) in [5, 5.41) is 4.02. The molecule has 0 N–H and O–H groups in total. The quantitative estimate of drug-likeness (QED) is 0.802. The van der Waals surface area contributed by atoms with Crippen molar-refractivity contribution in [3.63, 3.8) is 0 Å². The molecule has 17 heavy (non-hydrogen) atoms. The molecule has 1 heterocycles. The Labute approximate surface area is 105 Å². The number of rotatable bonds is 3. The lowest BCUT2D eigenvalue weighted by Gasteiger charge is -2.02. The van der Waals surface area contributed by atoms with E-state index in [1.807, 2.05) is 24.3 Å². The van der Waals surface area contributed by atoms with E-state index in [-0.39, 0.29) is 4.90 Å². The van der Waals surface area contributed by atoms with E-state index >= 15 is 0 Å². The van der Waals surface area contributed by atoms with Crippen LogP contribution < -0.4 is 0 Å². The molecule has 1 aromatic carbocycles. The van der Waals surface area contributed by atoms with Gasteiger partial charge in [0.1, 0.15) is 4.90 Å². The summed E-state index contributed by atoms with van der Waals surface area (Å²) in [6.45, 7) is 0. The highest BCUT2D eigenvalue weighted by atomic mass is 35.5. The molecule has 0 aliphatic carbocycles. The lowest BCUT2D eigenvalue weighted by atomic mass is 10.2. The van der Waals surface area contributed by atoms with Crippen molar-refractivity contribution in [1.82, 2.24) is 9.78 Å². The Morgan fingerprint density at radius 3 is 2.76 bits per heavy atom. The van der Waals surface area contributed by atoms with Gasteiger partial charge in [-0.3, -0.25) is 0 Å². The molecule has 0 atom stereocenters. The Balaban J connectivity index is 2.43. The smallest absolute Gasteiger partial charge is 0.178 e. The van der Waals surface area contributed by atoms with Gasteiger partial charge >= 0.3 is 0 Å². The number of aromatic nitrogens is 2. The predicted molar refractivity (Wildman–Crippen MR) is 66.2 cm³/mol. The van der Waals surface area contributed by atoms with Crippen LogP contribution in [0.1, 0.15) is 5.56 Å². The molecule has 4 nitrogen and oxygen atoms in total. The number of hydrogen-bond acceptors (Lipinski definition) is 3. The Morgan fingerprint density at radius 2 is 2.18 bits per heavy atom. The third-order valence-electron chi connectivity index (χ3n) is 2.32. The second-order valence-corrected chi connectivity index (χ2v) is 5.98. The van der Waals surface area contributed by atoms with E-state index in [0.717, 1.165) is 17.5 Å². The van der Waals surface area contributed by atoms with Crippen LogP contribution in [0.3, 0.4) is 0 Å². The van der Waals surface area contributed by atoms with Crippen LogP contribution in [0, 0.1) is 0 Å². The number of benzene rings is 1. The van der Waals surface area contributed by atoms with Gasteiger partial charge in [0, 0.05) is 18.3 Å². The molecule has 0 aliphatic heterocycles. The number of nitrogens with zero attached hydrogens (tertiary/aromatic N) is 2. The summed E-state index contributed by atoms with van der Waals surface area (Å²) in [5.74, 6) is 0.411. The van der Waals surface area contributed by atoms with Crippen molar-refractivity contribution in [3.05, 3.63) is 42.2 Å². The second-order valence-electron chi connectivity index (χ2n) is 3.70. The van der Waals surface area contributed by atoms with Crippen molar-refractivity contribution in [3.8, 4) is 5.69 Å². The van der Waals surface area contributed by atoms with E-state index < -0.39 is 9.84 Å². The van der Waals surface area contributed by atoms with Crippen LogP contribution in [0.25, 0.3) is 5.69 Å². The zero-order chi connectivity index (χ0) is 12.5. The van der Waals surface area contributed by atoms with Crippen molar-refractivity contribution in [2.24, 2.45) is 0 Å². The first-order chi connectivity index (χ1) is 8.00. The van der Waals surface area contributed by atoms with Gasteiger partial charge in [0.15, 0.2) is 9.84 Å². The molecule has 0 saturated carbocycles. The Bertz CT molecular complexity index is 634. The van der Waals surface area contributed by atoms with E-state index in [9.17, 15) is 8.42 Å². The fourth-order valence-electron chi connectivity index (χ4n) is 1.42. The molecule has 0 bridgehead atoms. The second kappa shape index (κ2) is 4.50. The molecule has 0 amide bonds. The monoisotopic (exact) mass is 270 g/mol. The molecular weight excluding hydrogens is 260 g/mol. The minimum atomic E-state index is -3.22. The van der Waals surface area contributed by atoms with Gasteiger partial charge in [-0.1, -0.05) is 12.1 Å². The number of halogens is 1. The van der Waals surface area contributed by atoms with Crippen LogP contribution in [0.5, 0.6) is 0 Å². The third kappa shape index (κ3) is 2.68. The largest absolute Gasteiger partial charge is 0.240 e. The minimum Gasteiger partial charge on any atom is -0.240 e. The number of alkyl halides is 1. The van der Waals surface area contributed by atoms with Gasteiger partial charge in [-0.15, -0.1) is 11.6 Å². The fourth-order valence-corrected chi connectivity index (χ4v) is 2.12. The maximum atomic E-state index is 11.3. The summed E-state index contributed by atoms with van der Waals surface area (Å²) in [5.41, 5.74) is 1.75. The molecule has 2 aromatic rings. The van der Waals surface area contributed by atoms with E-state index in [1.54, 1.807) is 0 Å². The highest BCUT2D eigenvalue weighted by molar-refractivity contribution is 7.90. The lowest BCUT2D eigenvalue weighted by Crippen LogP contribution is -1.96. The first kappa shape index (κ1) is 12.1. The SMILES string of the molecule is CS(=O)(=O)c1cnn(-c2cccc(CCl)c2)c1. The van der Waals surface area contributed by atoms with Gasteiger partial charge in [0.2, 0.25) is 0 Å². The summed E-state index contributed by atoms with van der Waals surface area (Å²) in [6, 6.07) is 7.47. The third-order valence-corrected chi connectivity index (χ3v) is 3.69. The van der Waals surface area contributed by atoms with Crippen LogP contribution in [0.2, 0.25) is 0 Å². The van der Waals surface area contributed by atoms with Crippen molar-refractivity contribution in [1.29, 1.82) is 0 Å². The normalized spacial score (nSPS) is 11.6. The summed E-state index contributed by atoms with van der Waals surface area (Å²) in [4.78, 5) is 0.203. The Hall–Kier alpha value is -1.33. The summed E-state index contributed by atoms with van der Waals surface area (Å²) < 4.78 is 24.2. The lowest BCUT2D eigenvalue weighted by molar-refractivity contribution is 0.602. The molecule has 1 aromatic heterocycles. The Kier molecular flexibility index (Phi) is 3.22. The first-order valence-electron chi connectivity index (χ1n) is 4.91. The first-order valence-corrected chi connectivity index (χ1v) is 7.33. The molecule has 0 unspecified atom stereocenters. The molecular formula is C11H11ClN2O2S. The topological polar surface area (TPSA) is 52.0 Å². The summed E-state index contributed by atoms with van der Waals surface area (Å²) in [6.07, 6.45) is 3.98. The van der Waals surface area contributed by atoms with Crippen LogP contribution in [-0.4, -0.2) is 24.5 Å². The molecule has 0 spiro atoms. The van der Waals surface area contributed by atoms with E-state index in [2.05, 4.69) is 5.10 Å². The van der Waals surface area contributed by atoms with Crippen LogP contribution >= 0.6 is 11.6 Å². The maximum absolute atomic E-state index is 11.3. The average molecular weight is 271 g/mol. The van der Waals surface area contributed by atoms with Gasteiger partial charge in [-0.05, 0) is 17.7 Å². The van der Waals surface area contributed by atoms with Crippen LogP contribution in [0.4, 0.5) is 0 Å². The number of hydrogen-bond donors (Lipinski definition) is 0. The van der Waals surface area contributed by atoms with Crippen molar-refractivity contribution in [2.75, 3.05) is 6.26 Å². The van der Waals surface area contributed by atoms with Gasteiger partial charge in [-0.25, -0.2) is 13.1 Å². The van der Waals surface area contributed by atoms with Gasteiger partial charge in [-0.2, -0.15) is 5.10 Å². The van der Waals surface area contributed by atoms with Crippen molar-refractivity contribution >= 4 is 21.4 Å². The fraction of sp³-hybridized carbons (Fsp3) is 0.182. The van der Waals surface area contributed by atoms with E-state index in [4.69, 9.17) is 11.6 Å². The molecule has 0 aliphatic rings. The summed E-state index contributed by atoms with van der Waals surface area (Å²) >= 11 is 5.74. The molecule has 90 valence electrons. The molecule has 6 heteroatoms. The van der Waals surface area contributed by atoms with Crippen molar-refractivity contribution in [2.45, 2.75) is 10.8 Å². The zero-order valence-corrected chi connectivity index (χ0v) is 10.7. The van der Waals surface area contributed by atoms with Gasteiger partial charge in [0.25, 0.3) is 0 Å². The minimum absolute atomic E-state index is 0.203. The molecule has 0 saturated heterocycles. The van der Waals surface area contributed by atoms with E-state index in [0.29, 0.717) is 5.88 Å². The molecule has 2 rings (SSSR count). The number of sulfone groups is 1. The molecule has 0 fully saturated rings. The van der Waals surface area contributed by atoms with Crippen molar-refractivity contribution < 1.29 is 8.42 Å². The van der Waals surface area contributed by atoms with E-state index in [1.165, 1.54) is 17.1 Å². The molecule has 0 radical (unpaired) electrons. The van der Waals surface area contributed by atoms with Gasteiger partial charge < -0.3 is 0 Å². The van der Waals surface area contributed by atoms with Crippen LogP contribution in [0.15, 0.2) is 41.6 Å². The Morgan fingerprint density at radius 1 is 1.41 bits per heavy atom. The standard InChI is InChI=1S/C11H11ClN2O2S/c1-17(15,16)11-7-13-14(8-11)10-4-2-3-9(5-10)6-12/h2-5,7-8H,6H2,1H3. The highest BCUT2D eigenvalue weighted by Gasteiger charge is 2.10. The predicted octanol–water partition coefficient (Wildman–Crippen LogP) is 2.01. The zero-order valence-electron chi connectivity index (χ0n) is 9.17. The highest BCUT2D eigenvalue weighted by Crippen LogP contribution is 2.14.